The van der Waals surface area contributed by atoms with Crippen molar-refractivity contribution in [3.63, 3.8) is 0 Å². The van der Waals surface area contributed by atoms with Gasteiger partial charge in [0.05, 0.1) is 11.8 Å². The van der Waals surface area contributed by atoms with Gasteiger partial charge in [0.25, 0.3) is 11.8 Å². The van der Waals surface area contributed by atoms with Crippen LogP contribution in [-0.2, 0) is 16.1 Å². The summed E-state index contributed by atoms with van der Waals surface area (Å²) in [6.45, 7) is 5.30. The lowest BCUT2D eigenvalue weighted by Crippen LogP contribution is -2.48. The van der Waals surface area contributed by atoms with Crippen molar-refractivity contribution in [3.8, 4) is 0 Å². The van der Waals surface area contributed by atoms with Crippen LogP contribution in [0.25, 0.3) is 0 Å². The van der Waals surface area contributed by atoms with Gasteiger partial charge in [-0.05, 0) is 51.0 Å². The second-order valence-electron chi connectivity index (χ2n) is 8.12. The standard InChI is InChI=1S/C23H27N3O5/c1-16(2)30-15-19-8-9-20(31-19)22(28)24-12-10-17(11-13-24)25-14-21(27)26(23(25)29)18-6-4-3-5-7-18/h3-9,16-17H,10-15H2,1-2H3. The largest absolute Gasteiger partial charge is 0.453 e. The molecule has 2 aromatic rings. The van der Waals surface area contributed by atoms with Gasteiger partial charge in [0.2, 0.25) is 0 Å². The van der Waals surface area contributed by atoms with Crippen molar-refractivity contribution >= 4 is 23.5 Å². The molecule has 1 aromatic heterocycles. The fourth-order valence-electron chi connectivity index (χ4n) is 3.99. The van der Waals surface area contributed by atoms with E-state index in [4.69, 9.17) is 9.15 Å². The van der Waals surface area contributed by atoms with Gasteiger partial charge in [0, 0.05) is 19.1 Å². The Kier molecular flexibility index (Phi) is 6.08. The Bertz CT molecular complexity index is 947. The quantitative estimate of drug-likeness (QED) is 0.664. The van der Waals surface area contributed by atoms with E-state index in [1.54, 1.807) is 46.2 Å². The summed E-state index contributed by atoms with van der Waals surface area (Å²) in [5.41, 5.74) is 0.586. The minimum atomic E-state index is -0.290. The van der Waals surface area contributed by atoms with Crippen LogP contribution in [0.1, 0.15) is 43.0 Å². The molecule has 2 aliphatic heterocycles. The van der Waals surface area contributed by atoms with E-state index in [0.29, 0.717) is 49.7 Å². The van der Waals surface area contributed by atoms with E-state index in [-0.39, 0.29) is 36.5 Å². The summed E-state index contributed by atoms with van der Waals surface area (Å²) < 4.78 is 11.1. The van der Waals surface area contributed by atoms with Crippen LogP contribution in [0.5, 0.6) is 0 Å². The lowest BCUT2D eigenvalue weighted by atomic mass is 10.0. The summed E-state index contributed by atoms with van der Waals surface area (Å²) in [4.78, 5) is 42.7. The zero-order chi connectivity index (χ0) is 22.0. The van der Waals surface area contributed by atoms with Crippen molar-refractivity contribution in [2.75, 3.05) is 24.5 Å². The van der Waals surface area contributed by atoms with Crippen LogP contribution in [0.4, 0.5) is 10.5 Å². The minimum absolute atomic E-state index is 0.0687. The number of likely N-dealkylation sites (tertiary alicyclic amines) is 1. The summed E-state index contributed by atoms with van der Waals surface area (Å²) in [5, 5.41) is 0. The van der Waals surface area contributed by atoms with Gasteiger partial charge in [-0.2, -0.15) is 0 Å². The number of anilines is 1. The number of hydrogen-bond donors (Lipinski definition) is 0. The van der Waals surface area contributed by atoms with Gasteiger partial charge in [-0.15, -0.1) is 0 Å². The van der Waals surface area contributed by atoms with Crippen molar-refractivity contribution < 1.29 is 23.5 Å². The summed E-state index contributed by atoms with van der Waals surface area (Å²) >= 11 is 0. The number of para-hydroxylation sites is 1. The SMILES string of the molecule is CC(C)OCc1ccc(C(=O)N2CCC(N3CC(=O)N(c4ccccc4)C3=O)CC2)o1. The molecule has 2 aliphatic rings. The molecular formula is C23H27N3O5. The Hall–Kier alpha value is -3.13. The molecule has 0 unspecified atom stereocenters. The number of ether oxygens (including phenoxy) is 1. The number of imide groups is 1. The molecule has 0 N–H and O–H groups in total. The van der Waals surface area contributed by atoms with E-state index in [2.05, 4.69) is 0 Å². The van der Waals surface area contributed by atoms with Gasteiger partial charge in [0.1, 0.15) is 18.9 Å². The third-order valence-corrected chi connectivity index (χ3v) is 5.63. The summed E-state index contributed by atoms with van der Waals surface area (Å²) in [5.74, 6) is 0.531. The van der Waals surface area contributed by atoms with E-state index in [0.717, 1.165) is 0 Å². The van der Waals surface area contributed by atoms with Crippen molar-refractivity contribution in [1.82, 2.24) is 9.80 Å². The summed E-state index contributed by atoms with van der Waals surface area (Å²) in [7, 11) is 0. The molecule has 2 saturated heterocycles. The molecule has 31 heavy (non-hydrogen) atoms. The Morgan fingerprint density at radius 1 is 1.10 bits per heavy atom. The maximum Gasteiger partial charge on any atom is 0.332 e. The molecule has 0 saturated carbocycles. The Balaban J connectivity index is 1.34. The van der Waals surface area contributed by atoms with Crippen LogP contribution in [0, 0.1) is 0 Å². The van der Waals surface area contributed by atoms with Crippen LogP contribution < -0.4 is 4.90 Å². The molecule has 1 aromatic carbocycles. The van der Waals surface area contributed by atoms with Crippen LogP contribution in [-0.4, -0.2) is 59.4 Å². The third-order valence-electron chi connectivity index (χ3n) is 5.63. The van der Waals surface area contributed by atoms with Gasteiger partial charge in [0.15, 0.2) is 5.76 Å². The van der Waals surface area contributed by atoms with E-state index >= 15 is 0 Å². The number of benzene rings is 1. The number of piperidine rings is 1. The summed E-state index contributed by atoms with van der Waals surface area (Å²) in [6.07, 6.45) is 1.33. The van der Waals surface area contributed by atoms with Crippen LogP contribution in [0.15, 0.2) is 46.9 Å². The third kappa shape index (κ3) is 4.49. The maximum atomic E-state index is 12.9. The van der Waals surface area contributed by atoms with Crippen LogP contribution in [0.3, 0.4) is 0 Å². The number of rotatable bonds is 6. The molecule has 4 rings (SSSR count). The highest BCUT2D eigenvalue weighted by molar-refractivity contribution is 6.19. The van der Waals surface area contributed by atoms with Gasteiger partial charge < -0.3 is 19.0 Å². The lowest BCUT2D eigenvalue weighted by molar-refractivity contribution is -0.116. The van der Waals surface area contributed by atoms with Crippen molar-refractivity contribution in [2.24, 2.45) is 0 Å². The van der Waals surface area contributed by atoms with Gasteiger partial charge in [-0.25, -0.2) is 9.69 Å². The molecule has 0 atom stereocenters. The van der Waals surface area contributed by atoms with E-state index in [1.807, 2.05) is 19.9 Å². The molecule has 0 spiro atoms. The average Bonchev–Trinajstić information content (AvgIpc) is 3.37. The number of hydrogen-bond acceptors (Lipinski definition) is 5. The molecule has 8 nitrogen and oxygen atoms in total. The van der Waals surface area contributed by atoms with Crippen LogP contribution >= 0.6 is 0 Å². The van der Waals surface area contributed by atoms with Crippen molar-refractivity contribution in [1.29, 1.82) is 0 Å². The monoisotopic (exact) mass is 425 g/mol. The Labute approximate surface area is 181 Å². The smallest absolute Gasteiger partial charge is 0.332 e. The Morgan fingerprint density at radius 3 is 2.48 bits per heavy atom. The highest BCUT2D eigenvalue weighted by Crippen LogP contribution is 2.27. The van der Waals surface area contributed by atoms with E-state index < -0.39 is 0 Å². The fourth-order valence-corrected chi connectivity index (χ4v) is 3.99. The average molecular weight is 425 g/mol. The fraction of sp³-hybridized carbons (Fsp3) is 0.435. The highest BCUT2D eigenvalue weighted by Gasteiger charge is 2.41. The number of nitrogens with zero attached hydrogens (tertiary/aromatic N) is 3. The van der Waals surface area contributed by atoms with Crippen molar-refractivity contribution in [3.05, 3.63) is 54.0 Å². The van der Waals surface area contributed by atoms with Gasteiger partial charge >= 0.3 is 6.03 Å². The maximum absolute atomic E-state index is 12.9. The second kappa shape index (κ2) is 8.93. The first-order valence-electron chi connectivity index (χ1n) is 10.6. The number of furan rings is 1. The normalized spacial score (nSPS) is 17.8. The summed E-state index contributed by atoms with van der Waals surface area (Å²) in [6, 6.07) is 12.0. The first-order valence-corrected chi connectivity index (χ1v) is 10.6. The molecule has 8 heteroatoms. The Morgan fingerprint density at radius 2 is 1.81 bits per heavy atom. The highest BCUT2D eigenvalue weighted by atomic mass is 16.5. The molecule has 0 radical (unpaired) electrons. The minimum Gasteiger partial charge on any atom is -0.453 e. The second-order valence-corrected chi connectivity index (χ2v) is 8.12. The molecule has 3 heterocycles. The zero-order valence-electron chi connectivity index (χ0n) is 17.8. The molecular weight excluding hydrogens is 398 g/mol. The van der Waals surface area contributed by atoms with E-state index in [9.17, 15) is 14.4 Å². The number of urea groups is 1. The number of carbonyl (C=O) groups excluding carboxylic acids is 3. The molecule has 4 amide bonds. The van der Waals surface area contributed by atoms with Gasteiger partial charge in [-0.3, -0.25) is 9.59 Å². The molecule has 0 aliphatic carbocycles. The van der Waals surface area contributed by atoms with Crippen LogP contribution in [0.2, 0.25) is 0 Å². The predicted octanol–water partition coefficient (Wildman–Crippen LogP) is 3.28. The number of amides is 4. The van der Waals surface area contributed by atoms with E-state index in [1.165, 1.54) is 4.90 Å². The van der Waals surface area contributed by atoms with Crippen molar-refractivity contribution in [2.45, 2.75) is 45.4 Å². The first-order chi connectivity index (χ1) is 14.9. The topological polar surface area (TPSA) is 83.3 Å². The predicted molar refractivity (Wildman–Crippen MR) is 114 cm³/mol. The van der Waals surface area contributed by atoms with Gasteiger partial charge in [-0.1, -0.05) is 18.2 Å². The lowest BCUT2D eigenvalue weighted by Gasteiger charge is -2.35. The molecule has 0 bridgehead atoms. The molecule has 2 fully saturated rings. The number of carbonyl (C=O) groups is 3. The zero-order valence-corrected chi connectivity index (χ0v) is 17.8. The first kappa shape index (κ1) is 21.1. The molecule has 164 valence electrons.